The Morgan fingerprint density at radius 3 is 2.86 bits per heavy atom. The monoisotopic (exact) mass is 265 g/mol. The first-order chi connectivity index (χ1) is 6.52. The van der Waals surface area contributed by atoms with Gasteiger partial charge in [0.2, 0.25) is 0 Å². The summed E-state index contributed by atoms with van der Waals surface area (Å²) in [6.45, 7) is 1.36. The highest BCUT2D eigenvalue weighted by Crippen LogP contribution is 2.27. The van der Waals surface area contributed by atoms with E-state index in [1.165, 1.54) is 6.20 Å². The number of nitrogen functional groups attached to an aromatic ring is 1. The van der Waals surface area contributed by atoms with Crippen LogP contribution in [0, 0.1) is 6.92 Å². The van der Waals surface area contributed by atoms with E-state index >= 15 is 0 Å². The van der Waals surface area contributed by atoms with Crippen molar-refractivity contribution in [2.75, 3.05) is 17.6 Å². The average Bonchev–Trinajstić information content (AvgIpc) is 2.13. The number of aromatic nitrogens is 1. The standard InChI is InChI=1S/C8H10BrF2N3/c1-4-5(12)2-13-8(7(4)9)14-3-6(10)11/h2,6H,3,12H2,1H3,(H,13,14). The molecule has 0 saturated heterocycles. The van der Waals surface area contributed by atoms with Crippen LogP contribution in [0.1, 0.15) is 5.56 Å². The van der Waals surface area contributed by atoms with Gasteiger partial charge in [0.25, 0.3) is 6.43 Å². The largest absolute Gasteiger partial charge is 0.397 e. The number of nitrogens with two attached hydrogens (primary N) is 1. The van der Waals surface area contributed by atoms with E-state index in [0.717, 1.165) is 5.56 Å². The quantitative estimate of drug-likeness (QED) is 0.883. The second-order valence-corrected chi connectivity index (χ2v) is 3.57. The number of nitrogens with zero attached hydrogens (tertiary/aromatic N) is 1. The van der Waals surface area contributed by atoms with Crippen molar-refractivity contribution in [1.82, 2.24) is 4.98 Å². The van der Waals surface area contributed by atoms with E-state index in [1.807, 2.05) is 0 Å². The van der Waals surface area contributed by atoms with E-state index in [1.54, 1.807) is 6.92 Å². The highest BCUT2D eigenvalue weighted by atomic mass is 79.9. The molecule has 0 atom stereocenters. The molecule has 0 amide bonds. The summed E-state index contributed by atoms with van der Waals surface area (Å²) in [5.41, 5.74) is 6.89. The number of hydrogen-bond acceptors (Lipinski definition) is 3. The second kappa shape index (κ2) is 4.54. The van der Waals surface area contributed by atoms with Crippen LogP contribution < -0.4 is 11.1 Å². The zero-order chi connectivity index (χ0) is 10.7. The van der Waals surface area contributed by atoms with E-state index < -0.39 is 13.0 Å². The van der Waals surface area contributed by atoms with Gasteiger partial charge in [-0.2, -0.15) is 0 Å². The number of pyridine rings is 1. The Morgan fingerprint density at radius 2 is 2.29 bits per heavy atom. The van der Waals surface area contributed by atoms with E-state index in [4.69, 9.17) is 5.73 Å². The van der Waals surface area contributed by atoms with Crippen LogP contribution in [0.2, 0.25) is 0 Å². The minimum atomic E-state index is -2.40. The molecule has 0 aliphatic heterocycles. The van der Waals surface area contributed by atoms with Gasteiger partial charge in [-0.3, -0.25) is 0 Å². The fourth-order valence-electron chi connectivity index (χ4n) is 0.889. The molecular weight excluding hydrogens is 256 g/mol. The molecule has 0 spiro atoms. The van der Waals surface area contributed by atoms with Gasteiger partial charge < -0.3 is 11.1 Å². The Labute approximate surface area is 88.8 Å². The maximum atomic E-state index is 11.9. The first-order valence-corrected chi connectivity index (χ1v) is 4.74. The molecule has 0 aliphatic rings. The highest BCUT2D eigenvalue weighted by molar-refractivity contribution is 9.10. The van der Waals surface area contributed by atoms with Crippen molar-refractivity contribution in [3.8, 4) is 0 Å². The van der Waals surface area contributed by atoms with Crippen molar-refractivity contribution in [3.05, 3.63) is 16.2 Å². The lowest BCUT2D eigenvalue weighted by Gasteiger charge is -2.10. The molecule has 0 unspecified atom stereocenters. The Kier molecular flexibility index (Phi) is 3.62. The maximum Gasteiger partial charge on any atom is 0.255 e. The molecule has 0 saturated carbocycles. The Balaban J connectivity index is 2.83. The van der Waals surface area contributed by atoms with Crippen LogP contribution in [0.4, 0.5) is 20.3 Å². The Morgan fingerprint density at radius 1 is 1.64 bits per heavy atom. The van der Waals surface area contributed by atoms with E-state index in [-0.39, 0.29) is 0 Å². The highest BCUT2D eigenvalue weighted by Gasteiger charge is 2.09. The molecule has 3 N–H and O–H groups in total. The van der Waals surface area contributed by atoms with Crippen LogP contribution in [0.25, 0.3) is 0 Å². The molecule has 1 aromatic rings. The summed E-state index contributed by atoms with van der Waals surface area (Å²) in [4.78, 5) is 3.89. The number of halogens is 3. The van der Waals surface area contributed by atoms with Gasteiger partial charge in [0.05, 0.1) is 22.9 Å². The summed E-state index contributed by atoms with van der Waals surface area (Å²) < 4.78 is 24.4. The second-order valence-electron chi connectivity index (χ2n) is 2.77. The van der Waals surface area contributed by atoms with Gasteiger partial charge in [0, 0.05) is 0 Å². The fraction of sp³-hybridized carbons (Fsp3) is 0.375. The molecule has 0 aromatic carbocycles. The molecule has 0 fully saturated rings. The summed E-state index contributed by atoms with van der Waals surface area (Å²) in [5, 5.41) is 2.52. The van der Waals surface area contributed by atoms with Crippen LogP contribution in [-0.4, -0.2) is 18.0 Å². The first kappa shape index (κ1) is 11.2. The van der Waals surface area contributed by atoms with Crippen molar-refractivity contribution in [2.24, 2.45) is 0 Å². The third-order valence-electron chi connectivity index (χ3n) is 1.73. The topological polar surface area (TPSA) is 50.9 Å². The predicted octanol–water partition coefficient (Wildman–Crippen LogP) is 2.41. The number of nitrogens with one attached hydrogen (secondary N) is 1. The number of anilines is 2. The van der Waals surface area contributed by atoms with Crippen molar-refractivity contribution in [2.45, 2.75) is 13.3 Å². The van der Waals surface area contributed by atoms with Gasteiger partial charge in [-0.15, -0.1) is 0 Å². The van der Waals surface area contributed by atoms with Gasteiger partial charge in [0.15, 0.2) is 0 Å². The van der Waals surface area contributed by atoms with Crippen LogP contribution in [0.5, 0.6) is 0 Å². The van der Waals surface area contributed by atoms with Crippen molar-refractivity contribution in [1.29, 1.82) is 0 Å². The SMILES string of the molecule is Cc1c(N)cnc(NCC(F)F)c1Br. The summed E-state index contributed by atoms with van der Waals surface area (Å²) in [6, 6.07) is 0. The molecule has 1 heterocycles. The lowest BCUT2D eigenvalue weighted by atomic mass is 10.2. The van der Waals surface area contributed by atoms with Crippen LogP contribution in [0.15, 0.2) is 10.7 Å². The minimum absolute atomic E-state index is 0.386. The van der Waals surface area contributed by atoms with Crippen LogP contribution in [-0.2, 0) is 0 Å². The number of hydrogen-bond donors (Lipinski definition) is 2. The van der Waals surface area contributed by atoms with Gasteiger partial charge in [-0.05, 0) is 28.4 Å². The molecule has 14 heavy (non-hydrogen) atoms. The molecule has 1 rings (SSSR count). The lowest BCUT2D eigenvalue weighted by molar-refractivity contribution is 0.163. The summed E-state index contributed by atoms with van der Waals surface area (Å²) in [6.07, 6.45) is -0.963. The van der Waals surface area contributed by atoms with Crippen molar-refractivity contribution >= 4 is 27.4 Å². The van der Waals surface area contributed by atoms with Crippen LogP contribution in [0.3, 0.4) is 0 Å². The Hall–Kier alpha value is -0.910. The molecule has 0 bridgehead atoms. The zero-order valence-electron chi connectivity index (χ0n) is 7.52. The summed E-state index contributed by atoms with van der Waals surface area (Å²) >= 11 is 3.23. The van der Waals surface area contributed by atoms with Gasteiger partial charge >= 0.3 is 0 Å². The van der Waals surface area contributed by atoms with Gasteiger partial charge in [-0.25, -0.2) is 13.8 Å². The Bertz CT molecular complexity index is 331. The smallest absolute Gasteiger partial charge is 0.255 e. The fourth-order valence-corrected chi connectivity index (χ4v) is 1.36. The maximum absolute atomic E-state index is 11.9. The molecule has 0 radical (unpaired) electrons. The molecule has 0 aliphatic carbocycles. The van der Waals surface area contributed by atoms with Crippen LogP contribution >= 0.6 is 15.9 Å². The van der Waals surface area contributed by atoms with Gasteiger partial charge in [0.1, 0.15) is 5.82 Å². The molecule has 3 nitrogen and oxygen atoms in total. The van der Waals surface area contributed by atoms with E-state index in [9.17, 15) is 8.78 Å². The molecular formula is C8H10BrF2N3. The number of alkyl halides is 2. The summed E-state index contributed by atoms with van der Waals surface area (Å²) in [5.74, 6) is 0.386. The third kappa shape index (κ3) is 2.54. The van der Waals surface area contributed by atoms with Gasteiger partial charge in [-0.1, -0.05) is 0 Å². The molecule has 6 heteroatoms. The van der Waals surface area contributed by atoms with Crippen molar-refractivity contribution in [3.63, 3.8) is 0 Å². The first-order valence-electron chi connectivity index (χ1n) is 3.95. The summed E-state index contributed by atoms with van der Waals surface area (Å²) in [7, 11) is 0. The molecule has 1 aromatic heterocycles. The van der Waals surface area contributed by atoms with E-state index in [0.29, 0.717) is 16.0 Å². The minimum Gasteiger partial charge on any atom is -0.397 e. The normalized spacial score (nSPS) is 10.6. The van der Waals surface area contributed by atoms with E-state index in [2.05, 4.69) is 26.2 Å². The predicted molar refractivity (Wildman–Crippen MR) is 55.6 cm³/mol. The zero-order valence-corrected chi connectivity index (χ0v) is 9.11. The number of rotatable bonds is 3. The average molecular weight is 266 g/mol. The van der Waals surface area contributed by atoms with Crippen molar-refractivity contribution < 1.29 is 8.78 Å². The lowest BCUT2D eigenvalue weighted by Crippen LogP contribution is -2.12. The third-order valence-corrected chi connectivity index (χ3v) is 2.70. The molecule has 78 valence electrons.